The number of pyridine rings is 1. The average molecular weight is 260 g/mol. The molecule has 0 unspecified atom stereocenters. The van der Waals surface area contributed by atoms with Gasteiger partial charge in [-0.15, -0.1) is 0 Å². The van der Waals surface area contributed by atoms with E-state index >= 15 is 0 Å². The van der Waals surface area contributed by atoms with Gasteiger partial charge in [-0.1, -0.05) is 0 Å². The summed E-state index contributed by atoms with van der Waals surface area (Å²) < 4.78 is 35.9. The lowest BCUT2D eigenvalue weighted by atomic mass is 10.1. The Labute approximate surface area is 96.3 Å². The molecule has 1 aromatic heterocycles. The SMILES string of the molecule is Cc1nccc2cc(S(=O)(=O)Cl)cc(F)c12. The van der Waals surface area contributed by atoms with E-state index in [1.807, 2.05) is 0 Å². The topological polar surface area (TPSA) is 47.0 Å². The van der Waals surface area contributed by atoms with Crippen molar-refractivity contribution in [1.82, 2.24) is 4.98 Å². The molecule has 16 heavy (non-hydrogen) atoms. The zero-order valence-electron chi connectivity index (χ0n) is 8.24. The number of nitrogens with zero attached hydrogens (tertiary/aromatic N) is 1. The molecule has 0 aliphatic heterocycles. The molecule has 1 aromatic carbocycles. The summed E-state index contributed by atoms with van der Waals surface area (Å²) in [5.74, 6) is -0.637. The quantitative estimate of drug-likeness (QED) is 0.740. The third kappa shape index (κ3) is 1.88. The standard InChI is InChI=1S/C10H7ClFNO2S/c1-6-10-7(2-3-13-6)4-8(5-9(10)12)16(11,14)15/h2-5H,1H3. The Hall–Kier alpha value is -1.20. The number of aromatic nitrogens is 1. The van der Waals surface area contributed by atoms with Crippen molar-refractivity contribution in [3.8, 4) is 0 Å². The zero-order chi connectivity index (χ0) is 11.9. The molecule has 0 bridgehead atoms. The van der Waals surface area contributed by atoms with Crippen molar-refractivity contribution in [3.63, 3.8) is 0 Å². The molecule has 0 saturated heterocycles. The van der Waals surface area contributed by atoms with Crippen molar-refractivity contribution in [2.45, 2.75) is 11.8 Å². The number of hydrogen-bond donors (Lipinski definition) is 0. The van der Waals surface area contributed by atoms with Crippen molar-refractivity contribution in [1.29, 1.82) is 0 Å². The van der Waals surface area contributed by atoms with Gasteiger partial charge in [-0.25, -0.2) is 12.8 Å². The minimum absolute atomic E-state index is 0.246. The van der Waals surface area contributed by atoms with Gasteiger partial charge in [0.25, 0.3) is 9.05 Å². The third-order valence-corrected chi connectivity index (χ3v) is 3.59. The normalized spacial score (nSPS) is 11.9. The highest BCUT2D eigenvalue weighted by molar-refractivity contribution is 8.13. The van der Waals surface area contributed by atoms with Gasteiger partial charge in [0, 0.05) is 28.0 Å². The highest BCUT2D eigenvalue weighted by Crippen LogP contribution is 2.25. The van der Waals surface area contributed by atoms with Gasteiger partial charge >= 0.3 is 0 Å². The lowest BCUT2D eigenvalue weighted by Crippen LogP contribution is -1.94. The van der Waals surface area contributed by atoms with E-state index in [4.69, 9.17) is 10.7 Å². The van der Waals surface area contributed by atoms with Crippen molar-refractivity contribution in [2.75, 3.05) is 0 Å². The molecule has 0 N–H and O–H groups in total. The Morgan fingerprint density at radius 1 is 1.38 bits per heavy atom. The summed E-state index contributed by atoms with van der Waals surface area (Å²) in [5.41, 5.74) is 0.508. The van der Waals surface area contributed by atoms with Gasteiger partial charge in [-0.2, -0.15) is 0 Å². The monoisotopic (exact) mass is 259 g/mol. The van der Waals surface area contributed by atoms with Gasteiger partial charge in [0.05, 0.1) is 4.90 Å². The number of rotatable bonds is 1. The van der Waals surface area contributed by atoms with E-state index < -0.39 is 14.9 Å². The highest BCUT2D eigenvalue weighted by Gasteiger charge is 2.14. The van der Waals surface area contributed by atoms with Gasteiger partial charge in [-0.3, -0.25) is 4.98 Å². The zero-order valence-corrected chi connectivity index (χ0v) is 9.81. The lowest BCUT2D eigenvalue weighted by molar-refractivity contribution is 0.605. The number of fused-ring (bicyclic) bond motifs is 1. The van der Waals surface area contributed by atoms with Crippen LogP contribution in [0.15, 0.2) is 29.3 Å². The van der Waals surface area contributed by atoms with Gasteiger partial charge in [0.15, 0.2) is 0 Å². The summed E-state index contributed by atoms with van der Waals surface area (Å²) in [6, 6.07) is 3.77. The Kier molecular flexibility index (Phi) is 2.59. The first-order valence-corrected chi connectivity index (χ1v) is 6.70. The van der Waals surface area contributed by atoms with Gasteiger partial charge in [0.1, 0.15) is 5.82 Å². The molecule has 1 heterocycles. The van der Waals surface area contributed by atoms with Crippen molar-refractivity contribution in [3.05, 3.63) is 35.9 Å². The molecule has 84 valence electrons. The van der Waals surface area contributed by atoms with Crippen LogP contribution in [-0.4, -0.2) is 13.4 Å². The molecule has 0 aliphatic rings. The Bertz CT molecular complexity index is 670. The fourth-order valence-electron chi connectivity index (χ4n) is 1.55. The van der Waals surface area contributed by atoms with Crippen molar-refractivity contribution >= 4 is 30.5 Å². The highest BCUT2D eigenvalue weighted by atomic mass is 35.7. The maximum Gasteiger partial charge on any atom is 0.261 e. The van der Waals surface area contributed by atoms with E-state index in [1.54, 1.807) is 6.92 Å². The van der Waals surface area contributed by atoms with Crippen LogP contribution in [0.25, 0.3) is 10.8 Å². The second-order valence-electron chi connectivity index (χ2n) is 3.34. The third-order valence-electron chi connectivity index (χ3n) is 2.26. The average Bonchev–Trinajstić information content (AvgIpc) is 2.15. The fourth-order valence-corrected chi connectivity index (χ4v) is 2.33. The Balaban J connectivity index is 2.89. The van der Waals surface area contributed by atoms with Crippen LogP contribution in [0, 0.1) is 12.7 Å². The van der Waals surface area contributed by atoms with Gasteiger partial charge < -0.3 is 0 Å². The molecule has 2 rings (SSSR count). The smallest absolute Gasteiger partial charge is 0.261 e. The predicted octanol–water partition coefficient (Wildman–Crippen LogP) is 2.61. The summed E-state index contributed by atoms with van der Waals surface area (Å²) in [4.78, 5) is 3.69. The molecular weight excluding hydrogens is 253 g/mol. The molecule has 0 saturated carbocycles. The molecule has 6 heteroatoms. The molecule has 0 radical (unpaired) electrons. The van der Waals surface area contributed by atoms with E-state index in [-0.39, 0.29) is 4.90 Å². The van der Waals surface area contributed by atoms with Crippen LogP contribution in [0.3, 0.4) is 0 Å². The van der Waals surface area contributed by atoms with Crippen molar-refractivity contribution < 1.29 is 12.8 Å². The van der Waals surface area contributed by atoms with E-state index in [0.717, 1.165) is 6.07 Å². The van der Waals surface area contributed by atoms with E-state index in [2.05, 4.69) is 4.98 Å². The van der Waals surface area contributed by atoms with Gasteiger partial charge in [-0.05, 0) is 30.5 Å². The van der Waals surface area contributed by atoms with Crippen LogP contribution in [0.5, 0.6) is 0 Å². The summed E-state index contributed by atoms with van der Waals surface area (Å²) >= 11 is 0. The van der Waals surface area contributed by atoms with Crippen molar-refractivity contribution in [2.24, 2.45) is 0 Å². The van der Waals surface area contributed by atoms with Crippen LogP contribution in [-0.2, 0) is 9.05 Å². The van der Waals surface area contributed by atoms with Crippen LogP contribution in [0.4, 0.5) is 4.39 Å². The van der Waals surface area contributed by atoms with Gasteiger partial charge in [0.2, 0.25) is 0 Å². The molecule has 0 fully saturated rings. The minimum atomic E-state index is -3.92. The van der Waals surface area contributed by atoms with Crippen LogP contribution in [0.2, 0.25) is 0 Å². The number of benzene rings is 1. The second kappa shape index (κ2) is 3.68. The summed E-state index contributed by atoms with van der Waals surface area (Å²) in [5, 5.41) is 0.776. The van der Waals surface area contributed by atoms with E-state index in [9.17, 15) is 12.8 Å². The number of aryl methyl sites for hydroxylation is 1. The summed E-state index contributed by atoms with van der Waals surface area (Å²) in [7, 11) is 1.24. The number of halogens is 2. The first kappa shape index (κ1) is 11.3. The van der Waals surface area contributed by atoms with E-state index in [0.29, 0.717) is 16.5 Å². The molecular formula is C10H7ClFNO2S. The molecule has 0 amide bonds. The van der Waals surface area contributed by atoms with Crippen LogP contribution in [0.1, 0.15) is 5.69 Å². The van der Waals surface area contributed by atoms with Crippen LogP contribution < -0.4 is 0 Å². The fraction of sp³-hybridized carbons (Fsp3) is 0.100. The number of hydrogen-bond acceptors (Lipinski definition) is 3. The molecule has 0 spiro atoms. The molecule has 0 aliphatic carbocycles. The first-order valence-electron chi connectivity index (χ1n) is 4.39. The van der Waals surface area contributed by atoms with Crippen LogP contribution >= 0.6 is 10.7 Å². The maximum absolute atomic E-state index is 13.7. The maximum atomic E-state index is 13.7. The molecule has 0 atom stereocenters. The van der Waals surface area contributed by atoms with E-state index in [1.165, 1.54) is 18.3 Å². The Morgan fingerprint density at radius 2 is 2.06 bits per heavy atom. The largest absolute Gasteiger partial charge is 0.261 e. The summed E-state index contributed by atoms with van der Waals surface area (Å²) in [6.07, 6.45) is 1.49. The minimum Gasteiger partial charge on any atom is -0.261 e. The summed E-state index contributed by atoms with van der Waals surface area (Å²) in [6.45, 7) is 1.65. The molecule has 3 nitrogen and oxygen atoms in total. The Morgan fingerprint density at radius 3 is 2.69 bits per heavy atom. The molecule has 2 aromatic rings. The first-order chi connectivity index (χ1) is 7.39. The second-order valence-corrected chi connectivity index (χ2v) is 5.90. The lowest BCUT2D eigenvalue weighted by Gasteiger charge is -2.04. The predicted molar refractivity (Wildman–Crippen MR) is 59.5 cm³/mol.